The third-order valence-corrected chi connectivity index (χ3v) is 6.10. The van der Waals surface area contributed by atoms with Crippen LogP contribution in [0, 0.1) is 0 Å². The van der Waals surface area contributed by atoms with Gasteiger partial charge in [-0.2, -0.15) is 4.31 Å². The number of hydrogen-bond donors (Lipinski definition) is 1. The van der Waals surface area contributed by atoms with Crippen molar-refractivity contribution in [3.8, 4) is 0 Å². The van der Waals surface area contributed by atoms with E-state index in [-0.39, 0.29) is 11.7 Å². The molecular formula is C18H19ClN2O4S. The molecule has 6 nitrogen and oxygen atoms in total. The van der Waals surface area contributed by atoms with E-state index in [0.29, 0.717) is 48.1 Å². The summed E-state index contributed by atoms with van der Waals surface area (Å²) < 4.78 is 31.5. The van der Waals surface area contributed by atoms with Crippen molar-refractivity contribution in [3.63, 3.8) is 0 Å². The van der Waals surface area contributed by atoms with Crippen molar-refractivity contribution in [1.29, 1.82) is 0 Å². The van der Waals surface area contributed by atoms with Crippen LogP contribution >= 0.6 is 11.6 Å². The summed E-state index contributed by atoms with van der Waals surface area (Å²) in [4.78, 5) is 12.3. The Morgan fingerprint density at radius 2 is 1.81 bits per heavy atom. The van der Waals surface area contributed by atoms with Crippen LogP contribution in [0.15, 0.2) is 48.5 Å². The fourth-order valence-electron chi connectivity index (χ4n) is 2.65. The van der Waals surface area contributed by atoms with Crippen molar-refractivity contribution < 1.29 is 17.9 Å². The van der Waals surface area contributed by atoms with Crippen molar-refractivity contribution in [1.82, 2.24) is 4.31 Å². The van der Waals surface area contributed by atoms with Crippen LogP contribution < -0.4 is 5.32 Å². The van der Waals surface area contributed by atoms with E-state index < -0.39 is 10.0 Å². The van der Waals surface area contributed by atoms with Gasteiger partial charge < -0.3 is 10.1 Å². The molecule has 1 amide bonds. The van der Waals surface area contributed by atoms with E-state index in [1.807, 2.05) is 0 Å². The van der Waals surface area contributed by atoms with E-state index in [1.54, 1.807) is 48.5 Å². The highest BCUT2D eigenvalue weighted by Gasteiger charge is 2.24. The van der Waals surface area contributed by atoms with Gasteiger partial charge in [-0.25, -0.2) is 8.42 Å². The van der Waals surface area contributed by atoms with E-state index >= 15 is 0 Å². The van der Waals surface area contributed by atoms with E-state index in [4.69, 9.17) is 16.3 Å². The van der Waals surface area contributed by atoms with Gasteiger partial charge in [-0.05, 0) is 35.9 Å². The summed E-state index contributed by atoms with van der Waals surface area (Å²) in [6.45, 7) is 1.59. The van der Waals surface area contributed by atoms with Crippen molar-refractivity contribution in [2.24, 2.45) is 0 Å². The van der Waals surface area contributed by atoms with Crippen LogP contribution in [0.2, 0.25) is 5.02 Å². The Balaban J connectivity index is 1.65. The molecule has 3 rings (SSSR count). The zero-order chi connectivity index (χ0) is 18.6. The predicted octanol–water partition coefficient (Wildman–Crippen LogP) is 2.75. The number of morpholine rings is 1. The van der Waals surface area contributed by atoms with Gasteiger partial charge in [0.25, 0.3) is 5.91 Å². The number of hydrogen-bond acceptors (Lipinski definition) is 4. The highest BCUT2D eigenvalue weighted by Crippen LogP contribution is 2.17. The van der Waals surface area contributed by atoms with Gasteiger partial charge in [0.15, 0.2) is 0 Å². The molecule has 1 heterocycles. The molecule has 0 radical (unpaired) electrons. The topological polar surface area (TPSA) is 75.7 Å². The number of rotatable bonds is 5. The number of carbonyl (C=O) groups excluding carboxylic acids is 1. The standard InChI is InChI=1S/C18H19ClN2O4S/c19-16-2-1-3-17(12-16)20-18(22)15-6-4-14(5-7-15)13-26(23,24)21-8-10-25-11-9-21/h1-7,12H,8-11,13H2,(H,20,22). The van der Waals surface area contributed by atoms with E-state index in [1.165, 1.54) is 4.31 Å². The van der Waals surface area contributed by atoms with Gasteiger partial charge >= 0.3 is 0 Å². The maximum Gasteiger partial charge on any atom is 0.255 e. The first-order valence-corrected chi connectivity index (χ1v) is 10.1. The summed E-state index contributed by atoms with van der Waals surface area (Å²) in [6.07, 6.45) is 0. The third-order valence-electron chi connectivity index (χ3n) is 4.01. The zero-order valence-electron chi connectivity index (χ0n) is 14.0. The van der Waals surface area contributed by atoms with E-state index in [9.17, 15) is 13.2 Å². The highest BCUT2D eigenvalue weighted by atomic mass is 35.5. The Kier molecular flexibility index (Phi) is 5.93. The Hall–Kier alpha value is -1.93. The number of amides is 1. The number of sulfonamides is 1. The van der Waals surface area contributed by atoms with Gasteiger partial charge in [0.05, 0.1) is 19.0 Å². The van der Waals surface area contributed by atoms with Gasteiger partial charge in [0.1, 0.15) is 0 Å². The lowest BCUT2D eigenvalue weighted by atomic mass is 10.1. The quantitative estimate of drug-likeness (QED) is 0.846. The van der Waals surface area contributed by atoms with Gasteiger partial charge in [-0.3, -0.25) is 4.79 Å². The van der Waals surface area contributed by atoms with Gasteiger partial charge in [-0.15, -0.1) is 0 Å². The van der Waals surface area contributed by atoms with Crippen molar-refractivity contribution in [2.75, 3.05) is 31.6 Å². The first kappa shape index (κ1) is 18.8. The molecule has 0 spiro atoms. The number of ether oxygens (including phenoxy) is 1. The molecule has 1 N–H and O–H groups in total. The monoisotopic (exact) mass is 394 g/mol. The summed E-state index contributed by atoms with van der Waals surface area (Å²) in [5.74, 6) is -0.377. The minimum Gasteiger partial charge on any atom is -0.379 e. The fraction of sp³-hybridized carbons (Fsp3) is 0.278. The van der Waals surface area contributed by atoms with Crippen LogP contribution in [0.4, 0.5) is 5.69 Å². The minimum atomic E-state index is -3.38. The molecule has 0 saturated carbocycles. The smallest absolute Gasteiger partial charge is 0.255 e. The second-order valence-electron chi connectivity index (χ2n) is 5.93. The lowest BCUT2D eigenvalue weighted by Gasteiger charge is -2.26. The van der Waals surface area contributed by atoms with Crippen LogP contribution in [-0.4, -0.2) is 44.9 Å². The maximum atomic E-state index is 12.4. The largest absolute Gasteiger partial charge is 0.379 e. The molecule has 1 saturated heterocycles. The average Bonchev–Trinajstić information content (AvgIpc) is 2.63. The molecule has 0 atom stereocenters. The first-order valence-electron chi connectivity index (χ1n) is 8.15. The van der Waals surface area contributed by atoms with Crippen LogP contribution in [0.1, 0.15) is 15.9 Å². The SMILES string of the molecule is O=C(Nc1cccc(Cl)c1)c1ccc(CS(=O)(=O)N2CCOCC2)cc1. The third kappa shape index (κ3) is 4.82. The van der Waals surface area contributed by atoms with E-state index in [2.05, 4.69) is 5.32 Å². The lowest BCUT2D eigenvalue weighted by Crippen LogP contribution is -2.41. The molecule has 8 heteroatoms. The summed E-state index contributed by atoms with van der Waals surface area (Å²) in [5.41, 5.74) is 1.68. The summed E-state index contributed by atoms with van der Waals surface area (Å²) in [5, 5.41) is 3.29. The molecule has 138 valence electrons. The Morgan fingerprint density at radius 1 is 1.12 bits per heavy atom. The van der Waals surface area contributed by atoms with E-state index in [0.717, 1.165) is 0 Å². The Morgan fingerprint density at radius 3 is 2.46 bits per heavy atom. The van der Waals surface area contributed by atoms with Gasteiger partial charge in [-0.1, -0.05) is 29.8 Å². The summed E-state index contributed by atoms with van der Waals surface area (Å²) >= 11 is 5.90. The number of halogens is 1. The van der Waals surface area contributed by atoms with Crippen molar-refractivity contribution in [2.45, 2.75) is 5.75 Å². The normalized spacial score (nSPS) is 15.6. The molecule has 1 aliphatic rings. The predicted molar refractivity (Wildman–Crippen MR) is 101 cm³/mol. The summed E-state index contributed by atoms with van der Waals surface area (Å²) in [6, 6.07) is 13.4. The molecule has 0 unspecified atom stereocenters. The van der Waals surface area contributed by atoms with Crippen LogP contribution in [-0.2, 0) is 20.5 Å². The van der Waals surface area contributed by atoms with Gasteiger partial charge in [0.2, 0.25) is 10.0 Å². The molecule has 0 aromatic heterocycles. The van der Waals surface area contributed by atoms with Crippen LogP contribution in [0.5, 0.6) is 0 Å². The molecule has 2 aromatic rings. The molecule has 0 bridgehead atoms. The fourth-order valence-corrected chi connectivity index (χ4v) is 4.34. The number of nitrogens with one attached hydrogen (secondary N) is 1. The minimum absolute atomic E-state index is 0.0941. The molecular weight excluding hydrogens is 376 g/mol. The average molecular weight is 395 g/mol. The lowest BCUT2D eigenvalue weighted by molar-refractivity contribution is 0.0729. The van der Waals surface area contributed by atoms with Gasteiger partial charge in [0, 0.05) is 29.4 Å². The molecule has 1 aliphatic heterocycles. The Bertz CT molecular complexity index is 878. The number of anilines is 1. The molecule has 1 fully saturated rings. The highest BCUT2D eigenvalue weighted by molar-refractivity contribution is 7.88. The van der Waals surface area contributed by atoms with Crippen molar-refractivity contribution in [3.05, 3.63) is 64.7 Å². The second-order valence-corrected chi connectivity index (χ2v) is 8.33. The van der Waals surface area contributed by atoms with Crippen molar-refractivity contribution >= 4 is 33.2 Å². The second kappa shape index (κ2) is 8.18. The molecule has 2 aromatic carbocycles. The number of benzene rings is 2. The molecule has 26 heavy (non-hydrogen) atoms. The zero-order valence-corrected chi connectivity index (χ0v) is 15.6. The molecule has 0 aliphatic carbocycles. The summed E-state index contributed by atoms with van der Waals surface area (Å²) in [7, 11) is -3.38. The first-order chi connectivity index (χ1) is 12.4. The number of carbonyl (C=O) groups is 1. The van der Waals surface area contributed by atoms with Crippen LogP contribution in [0.25, 0.3) is 0 Å². The maximum absolute atomic E-state index is 12.4. The Labute approximate surface area is 157 Å². The van der Waals surface area contributed by atoms with Crippen LogP contribution in [0.3, 0.4) is 0 Å². The number of nitrogens with zero attached hydrogens (tertiary/aromatic N) is 1.